The van der Waals surface area contributed by atoms with E-state index in [2.05, 4.69) is 38.3 Å². The number of urea groups is 1. The molecule has 0 unspecified atom stereocenters. The third-order valence-electron chi connectivity index (χ3n) is 11.4. The number of methoxy groups -OCH3 is 2. The minimum Gasteiger partial charge on any atom is -0.490 e. The first-order valence-corrected chi connectivity index (χ1v) is 20.1. The number of benzene rings is 2. The van der Waals surface area contributed by atoms with Gasteiger partial charge in [0.15, 0.2) is 0 Å². The number of hydrogen-bond donors (Lipinski definition) is 2. The molecule has 2 N–H and O–H groups in total. The van der Waals surface area contributed by atoms with Crippen LogP contribution in [0.25, 0.3) is 0 Å². The number of ether oxygens (including phenoxy) is 3. The maximum Gasteiger partial charge on any atom is 0.330 e. The fourth-order valence-corrected chi connectivity index (χ4v) is 10.8. The number of likely N-dealkylation sites (tertiary alicyclic amines) is 1. The lowest BCUT2D eigenvalue weighted by Crippen LogP contribution is -2.67. The number of β-amino-alcohol motifs (C(OH)–C–C–N with tert-alkyl or cyclic N) is 1. The average molecular weight is 741 g/mol. The molecule has 1 saturated heterocycles. The van der Waals surface area contributed by atoms with E-state index < -0.39 is 27.5 Å². The summed E-state index contributed by atoms with van der Waals surface area (Å²) in [6.45, 7) is 4.01. The van der Waals surface area contributed by atoms with Crippen molar-refractivity contribution < 1.29 is 33.1 Å². The van der Waals surface area contributed by atoms with Crippen LogP contribution >= 0.6 is 11.6 Å². The molecule has 2 aromatic rings. The molecule has 3 aliphatic heterocycles. The Balaban J connectivity index is 1.26. The van der Waals surface area contributed by atoms with E-state index in [1.807, 2.05) is 25.1 Å². The second-order valence-electron chi connectivity index (χ2n) is 15.4. The molecule has 2 bridgehead atoms. The molecule has 6 atom stereocenters. The van der Waals surface area contributed by atoms with Gasteiger partial charge in [0.25, 0.3) is 5.91 Å². The van der Waals surface area contributed by atoms with E-state index in [-0.39, 0.29) is 48.4 Å². The minimum atomic E-state index is -3.56. The number of rotatable bonds is 4. The zero-order valence-electron chi connectivity index (χ0n) is 29.6. The minimum absolute atomic E-state index is 0.0225. The van der Waals surface area contributed by atoms with Crippen molar-refractivity contribution in [1.29, 1.82) is 0 Å². The van der Waals surface area contributed by atoms with Gasteiger partial charge < -0.3 is 29.1 Å². The maximum absolute atomic E-state index is 14.5. The molecule has 3 amide bonds. The van der Waals surface area contributed by atoms with Crippen molar-refractivity contribution in [1.82, 2.24) is 9.62 Å². The summed E-state index contributed by atoms with van der Waals surface area (Å²) < 4.78 is 39.0. The fourth-order valence-electron chi connectivity index (χ4n) is 8.74. The Morgan fingerprint density at radius 1 is 1.18 bits per heavy atom. The summed E-state index contributed by atoms with van der Waals surface area (Å²) in [6, 6.07) is 10.9. The highest BCUT2D eigenvalue weighted by molar-refractivity contribution is 7.92. The quantitative estimate of drug-likeness (QED) is 0.400. The normalized spacial score (nSPS) is 32.2. The molecule has 276 valence electrons. The lowest BCUT2D eigenvalue weighted by Gasteiger charge is -2.46. The van der Waals surface area contributed by atoms with Crippen LogP contribution < -0.4 is 14.4 Å². The van der Waals surface area contributed by atoms with Gasteiger partial charge in [-0.2, -0.15) is 0 Å². The molecule has 2 aliphatic carbocycles. The average Bonchev–Trinajstić information content (AvgIpc) is 3.21. The van der Waals surface area contributed by atoms with Gasteiger partial charge in [-0.1, -0.05) is 36.7 Å². The van der Waals surface area contributed by atoms with Crippen molar-refractivity contribution in [2.24, 2.45) is 22.1 Å². The summed E-state index contributed by atoms with van der Waals surface area (Å²) in [7, 11) is -0.330. The lowest BCUT2D eigenvalue weighted by atomic mass is 9.68. The Labute approximate surface area is 306 Å². The Bertz CT molecular complexity index is 1820. The van der Waals surface area contributed by atoms with Gasteiger partial charge in [0.2, 0.25) is 0 Å². The third-order valence-corrected chi connectivity index (χ3v) is 13.6. The number of allylic oxidation sites excluding steroid dienone is 1. The van der Waals surface area contributed by atoms with Crippen LogP contribution in [0.5, 0.6) is 5.75 Å². The molecule has 3 heterocycles. The summed E-state index contributed by atoms with van der Waals surface area (Å²) in [5, 5.41) is 11.3. The van der Waals surface area contributed by atoms with Crippen molar-refractivity contribution in [3.8, 4) is 5.75 Å². The second kappa shape index (κ2) is 14.3. The zero-order valence-corrected chi connectivity index (χ0v) is 31.2. The van der Waals surface area contributed by atoms with Crippen molar-refractivity contribution >= 4 is 39.1 Å². The second-order valence-corrected chi connectivity index (χ2v) is 17.8. The Hall–Kier alpha value is -3.16. The molecule has 2 fully saturated rings. The number of hydrogen-bond acceptors (Lipinski definition) is 8. The van der Waals surface area contributed by atoms with E-state index in [1.165, 1.54) is 23.1 Å². The topological polar surface area (TPSA) is 130 Å². The third kappa shape index (κ3) is 7.40. The standard InChI is InChI=1S/C38H49ClN4O7S/c1-25-6-4-8-33(49-3)30-12-9-28(30)18-42-20-37(15-5-7-26-16-29(39)11-13-31(26)37)23-50-34-14-10-27(17-32(34)42)35(44)40-51(47,19-25)41-36(45)43-21-38(46,22-43)24-48-2/h4,8,10-11,13-14,16-17,25,28,30,33,46H,5-7,9,12,15,18-24H2,1-3H3,(H,40,41,44,45,47)/b8-4+/t25-,28-,30+,33-,37-,51-/m0/s1. The highest BCUT2D eigenvalue weighted by Crippen LogP contribution is 2.47. The summed E-state index contributed by atoms with van der Waals surface area (Å²) >= 11 is 6.45. The highest BCUT2D eigenvalue weighted by atomic mass is 35.5. The van der Waals surface area contributed by atoms with Crippen LogP contribution in [0.4, 0.5) is 10.5 Å². The number of aliphatic hydroxyl groups is 1. The first-order valence-electron chi connectivity index (χ1n) is 18.0. The largest absolute Gasteiger partial charge is 0.490 e. The number of fused-ring (bicyclic) bond motifs is 4. The molecule has 51 heavy (non-hydrogen) atoms. The first kappa shape index (κ1) is 36.2. The predicted molar refractivity (Wildman–Crippen MR) is 197 cm³/mol. The zero-order chi connectivity index (χ0) is 36.0. The Kier molecular flexibility index (Phi) is 10.2. The van der Waals surface area contributed by atoms with Crippen molar-refractivity contribution in [2.75, 3.05) is 64.3 Å². The van der Waals surface area contributed by atoms with Crippen molar-refractivity contribution in [3.63, 3.8) is 0 Å². The van der Waals surface area contributed by atoms with Crippen LogP contribution in [0.15, 0.2) is 52.9 Å². The Morgan fingerprint density at radius 2 is 2.00 bits per heavy atom. The number of aryl methyl sites for hydroxylation is 1. The van der Waals surface area contributed by atoms with Crippen molar-refractivity contribution in [3.05, 3.63) is 70.3 Å². The number of anilines is 1. The van der Waals surface area contributed by atoms with Gasteiger partial charge in [-0.3, -0.25) is 9.52 Å². The van der Waals surface area contributed by atoms with Crippen LogP contribution in [-0.2, 0) is 31.2 Å². The summed E-state index contributed by atoms with van der Waals surface area (Å²) in [5.41, 5.74) is 2.16. The van der Waals surface area contributed by atoms with Crippen LogP contribution in [0, 0.1) is 17.8 Å². The summed E-state index contributed by atoms with van der Waals surface area (Å²) in [5.74, 6) is 0.522. The number of carbonyl (C=O) groups is 2. The molecule has 11 nitrogen and oxygen atoms in total. The van der Waals surface area contributed by atoms with E-state index in [1.54, 1.807) is 13.2 Å². The van der Waals surface area contributed by atoms with E-state index >= 15 is 0 Å². The monoisotopic (exact) mass is 740 g/mol. The SMILES string of the molecule is COCC1(O)CN(C(=O)N[S@@]2(=O)=NC(=O)c3ccc4c(c3)N(C[C@@H]3CC[C@H]3[C@@H](OC)/C=C/C[C@H](C)C2)C[C@@]2(CCCc3cc(Cl)ccc32)CO4)C1. The van der Waals surface area contributed by atoms with E-state index in [0.717, 1.165) is 49.4 Å². The van der Waals surface area contributed by atoms with Crippen LogP contribution in [0.1, 0.15) is 60.5 Å². The molecule has 0 aromatic heterocycles. The lowest BCUT2D eigenvalue weighted by molar-refractivity contribution is -0.114. The molecule has 1 saturated carbocycles. The van der Waals surface area contributed by atoms with Gasteiger partial charge >= 0.3 is 6.03 Å². The summed E-state index contributed by atoms with van der Waals surface area (Å²) in [6.07, 6.45) is 9.75. The van der Waals surface area contributed by atoms with Crippen LogP contribution in [0.3, 0.4) is 0 Å². The molecule has 0 radical (unpaired) electrons. The molecular weight excluding hydrogens is 692 g/mol. The first-order chi connectivity index (χ1) is 24.4. The molecule has 1 spiro atoms. The van der Waals surface area contributed by atoms with Gasteiger partial charge in [-0.25, -0.2) is 9.00 Å². The molecular formula is C38H49ClN4O7S. The number of nitrogens with one attached hydrogen (secondary N) is 1. The number of nitrogens with zero attached hydrogens (tertiary/aromatic N) is 3. The molecule has 13 heteroatoms. The molecule has 7 rings (SSSR count). The Morgan fingerprint density at radius 3 is 2.75 bits per heavy atom. The van der Waals surface area contributed by atoms with E-state index in [9.17, 15) is 18.9 Å². The maximum atomic E-state index is 14.5. The van der Waals surface area contributed by atoms with E-state index in [0.29, 0.717) is 37.2 Å². The highest BCUT2D eigenvalue weighted by Gasteiger charge is 2.46. The molecule has 5 aliphatic rings. The fraction of sp³-hybridized carbons (Fsp3) is 0.579. The van der Waals surface area contributed by atoms with Crippen LogP contribution in [0.2, 0.25) is 5.02 Å². The number of amides is 3. The summed E-state index contributed by atoms with van der Waals surface area (Å²) in [4.78, 5) is 31.0. The van der Waals surface area contributed by atoms with Gasteiger partial charge in [-0.05, 0) is 97.7 Å². The van der Waals surface area contributed by atoms with Gasteiger partial charge in [0.1, 0.15) is 21.3 Å². The van der Waals surface area contributed by atoms with E-state index in [4.69, 9.17) is 25.8 Å². The van der Waals surface area contributed by atoms with Gasteiger partial charge in [-0.15, -0.1) is 4.36 Å². The van der Waals surface area contributed by atoms with Gasteiger partial charge in [0, 0.05) is 43.3 Å². The number of carbonyl (C=O) groups excluding carboxylic acids is 2. The van der Waals surface area contributed by atoms with Crippen molar-refractivity contribution in [2.45, 2.75) is 62.6 Å². The predicted octanol–water partition coefficient (Wildman–Crippen LogP) is 5.38. The number of halogens is 1. The molecule has 2 aromatic carbocycles. The smallest absolute Gasteiger partial charge is 0.330 e. The van der Waals surface area contributed by atoms with Crippen LogP contribution in [-0.4, -0.2) is 97.2 Å². The van der Waals surface area contributed by atoms with Gasteiger partial charge in [0.05, 0.1) is 43.8 Å².